The molecular weight excluding hydrogens is 437 g/mol. The summed E-state index contributed by atoms with van der Waals surface area (Å²) >= 11 is 0. The zero-order valence-corrected chi connectivity index (χ0v) is 19.3. The number of halogens is 1. The van der Waals surface area contributed by atoms with Crippen LogP contribution in [0.25, 0.3) is 28.2 Å². The Morgan fingerprint density at radius 1 is 1.26 bits per heavy atom. The molecule has 34 heavy (non-hydrogen) atoms. The summed E-state index contributed by atoms with van der Waals surface area (Å²) < 4.78 is 13.8. The minimum Gasteiger partial charge on any atom is -0.481 e. The molecule has 180 valence electrons. The standard InChI is InChI=1S/C26H30FN3O4/c1-3-14(2)24-20(11-10-18(31)12-19(32)13-21(33)34)22(15-6-8-17(27)9-7-15)23-25(16-4-5-16)29-30-26(23)28-24/h6-11,14,16,18-19,31-32H,3-5,12-13H2,1-2H3,(H,33,34)(H,28,29,30)/b11-10+. The summed E-state index contributed by atoms with van der Waals surface area (Å²) in [5.41, 5.74) is 4.96. The van der Waals surface area contributed by atoms with Crippen LogP contribution in [0.3, 0.4) is 0 Å². The molecule has 4 rings (SSSR count). The highest BCUT2D eigenvalue weighted by molar-refractivity contribution is 6.00. The second-order valence-electron chi connectivity index (χ2n) is 9.13. The van der Waals surface area contributed by atoms with Gasteiger partial charge in [0.25, 0.3) is 0 Å². The predicted molar refractivity (Wildman–Crippen MR) is 128 cm³/mol. The number of aliphatic hydroxyl groups is 2. The molecule has 0 radical (unpaired) electrons. The Hall–Kier alpha value is -3.10. The van der Waals surface area contributed by atoms with Gasteiger partial charge in [0, 0.05) is 29.2 Å². The van der Waals surface area contributed by atoms with Crippen molar-refractivity contribution in [2.24, 2.45) is 0 Å². The summed E-state index contributed by atoms with van der Waals surface area (Å²) in [6.07, 6.45) is 3.60. The molecule has 0 amide bonds. The third-order valence-corrected chi connectivity index (χ3v) is 6.40. The number of hydrogen-bond donors (Lipinski definition) is 4. The van der Waals surface area contributed by atoms with Crippen molar-refractivity contribution in [2.45, 2.75) is 70.0 Å². The van der Waals surface area contributed by atoms with E-state index in [-0.39, 0.29) is 18.2 Å². The SMILES string of the molecule is CCC(C)c1nc2n[nH]c(C3CC3)c2c(-c2ccc(F)cc2)c1/C=C/C(O)CC(O)CC(=O)O. The quantitative estimate of drug-likeness (QED) is 0.341. The van der Waals surface area contributed by atoms with E-state index in [2.05, 4.69) is 24.0 Å². The van der Waals surface area contributed by atoms with Gasteiger partial charge in [-0.15, -0.1) is 0 Å². The zero-order chi connectivity index (χ0) is 24.4. The normalized spacial score (nSPS) is 16.7. The highest BCUT2D eigenvalue weighted by atomic mass is 19.1. The second-order valence-corrected chi connectivity index (χ2v) is 9.13. The van der Waals surface area contributed by atoms with Crippen LogP contribution in [0.5, 0.6) is 0 Å². The van der Waals surface area contributed by atoms with Gasteiger partial charge in [-0.1, -0.05) is 38.1 Å². The molecule has 7 nitrogen and oxygen atoms in total. The largest absolute Gasteiger partial charge is 0.481 e. The molecule has 1 fully saturated rings. The van der Waals surface area contributed by atoms with Crippen molar-refractivity contribution < 1.29 is 24.5 Å². The minimum absolute atomic E-state index is 0.0952. The smallest absolute Gasteiger partial charge is 0.305 e. The van der Waals surface area contributed by atoms with Crippen LogP contribution in [-0.2, 0) is 4.79 Å². The highest BCUT2D eigenvalue weighted by Gasteiger charge is 2.31. The van der Waals surface area contributed by atoms with E-state index in [1.807, 2.05) is 0 Å². The van der Waals surface area contributed by atoms with Crippen molar-refractivity contribution in [1.29, 1.82) is 0 Å². The average molecular weight is 468 g/mol. The van der Waals surface area contributed by atoms with Gasteiger partial charge >= 0.3 is 5.97 Å². The topological polar surface area (TPSA) is 119 Å². The Kier molecular flexibility index (Phi) is 7.09. The fourth-order valence-electron chi connectivity index (χ4n) is 4.28. The molecular formula is C26H30FN3O4. The number of carboxylic acid groups (broad SMARTS) is 1. The third kappa shape index (κ3) is 5.18. The molecule has 0 saturated heterocycles. The molecule has 3 aromatic rings. The molecule has 0 aliphatic heterocycles. The second kappa shape index (κ2) is 10.0. The number of carbonyl (C=O) groups is 1. The van der Waals surface area contributed by atoms with E-state index in [9.17, 15) is 19.4 Å². The number of aliphatic hydroxyl groups excluding tert-OH is 2. The summed E-state index contributed by atoms with van der Waals surface area (Å²) in [7, 11) is 0. The van der Waals surface area contributed by atoms with E-state index in [0.29, 0.717) is 11.6 Å². The molecule has 2 aromatic heterocycles. The van der Waals surface area contributed by atoms with E-state index in [1.165, 1.54) is 12.1 Å². The van der Waals surface area contributed by atoms with Gasteiger partial charge in [-0.05, 0) is 42.9 Å². The number of rotatable bonds is 10. The molecule has 3 atom stereocenters. The maximum Gasteiger partial charge on any atom is 0.305 e. The van der Waals surface area contributed by atoms with Crippen LogP contribution < -0.4 is 0 Å². The molecule has 8 heteroatoms. The van der Waals surface area contributed by atoms with Crippen LogP contribution in [0.1, 0.15) is 74.7 Å². The highest BCUT2D eigenvalue weighted by Crippen LogP contribution is 2.46. The van der Waals surface area contributed by atoms with Gasteiger partial charge in [0.1, 0.15) is 5.82 Å². The molecule has 1 aromatic carbocycles. The lowest BCUT2D eigenvalue weighted by atomic mass is 9.89. The molecule has 2 heterocycles. The summed E-state index contributed by atoms with van der Waals surface area (Å²) in [6, 6.07) is 6.31. The van der Waals surface area contributed by atoms with Gasteiger partial charge in [0.2, 0.25) is 0 Å². The van der Waals surface area contributed by atoms with Crippen LogP contribution in [0.4, 0.5) is 4.39 Å². The lowest BCUT2D eigenvalue weighted by Gasteiger charge is -2.18. The van der Waals surface area contributed by atoms with E-state index in [4.69, 9.17) is 10.1 Å². The number of nitrogens with one attached hydrogen (secondary N) is 1. The molecule has 1 aliphatic carbocycles. The minimum atomic E-state index is -1.15. The number of nitrogens with zero attached hydrogens (tertiary/aromatic N) is 2. The van der Waals surface area contributed by atoms with Crippen molar-refractivity contribution in [2.75, 3.05) is 0 Å². The van der Waals surface area contributed by atoms with Gasteiger partial charge in [0.15, 0.2) is 5.65 Å². The Morgan fingerprint density at radius 3 is 2.59 bits per heavy atom. The van der Waals surface area contributed by atoms with E-state index in [1.54, 1.807) is 24.3 Å². The molecule has 4 N–H and O–H groups in total. The Morgan fingerprint density at radius 2 is 1.97 bits per heavy atom. The molecule has 1 saturated carbocycles. The summed E-state index contributed by atoms with van der Waals surface area (Å²) in [4.78, 5) is 15.7. The predicted octanol–water partition coefficient (Wildman–Crippen LogP) is 4.75. The van der Waals surface area contributed by atoms with Crippen molar-refractivity contribution >= 4 is 23.1 Å². The van der Waals surface area contributed by atoms with Crippen molar-refractivity contribution in [3.8, 4) is 11.1 Å². The van der Waals surface area contributed by atoms with Gasteiger partial charge in [0.05, 0.1) is 29.7 Å². The first-order valence-electron chi connectivity index (χ1n) is 11.7. The fraction of sp³-hybridized carbons (Fsp3) is 0.423. The summed E-state index contributed by atoms with van der Waals surface area (Å²) in [5, 5.41) is 37.8. The Bertz CT molecular complexity index is 1200. The Labute approximate surface area is 197 Å². The van der Waals surface area contributed by atoms with Crippen molar-refractivity contribution in [1.82, 2.24) is 15.2 Å². The lowest BCUT2D eigenvalue weighted by molar-refractivity contribution is -0.139. The molecule has 3 unspecified atom stereocenters. The lowest BCUT2D eigenvalue weighted by Crippen LogP contribution is -2.19. The van der Waals surface area contributed by atoms with Gasteiger partial charge in [-0.2, -0.15) is 5.10 Å². The summed E-state index contributed by atoms with van der Waals surface area (Å²) in [5.74, 6) is -0.970. The first-order chi connectivity index (χ1) is 16.3. The van der Waals surface area contributed by atoms with Crippen molar-refractivity contribution in [3.63, 3.8) is 0 Å². The average Bonchev–Trinajstić information content (AvgIpc) is 3.55. The monoisotopic (exact) mass is 467 g/mol. The number of H-pyrrole nitrogens is 1. The number of aromatic amines is 1. The number of benzene rings is 1. The zero-order valence-electron chi connectivity index (χ0n) is 19.3. The van der Waals surface area contributed by atoms with Crippen LogP contribution in [0, 0.1) is 5.82 Å². The number of aliphatic carboxylic acids is 1. The Balaban J connectivity index is 1.87. The van der Waals surface area contributed by atoms with E-state index < -0.39 is 24.6 Å². The third-order valence-electron chi connectivity index (χ3n) is 6.40. The summed E-state index contributed by atoms with van der Waals surface area (Å²) in [6.45, 7) is 4.14. The fourth-order valence-corrected chi connectivity index (χ4v) is 4.28. The number of carboxylic acids is 1. The van der Waals surface area contributed by atoms with Gasteiger partial charge < -0.3 is 15.3 Å². The van der Waals surface area contributed by atoms with E-state index in [0.717, 1.165) is 52.7 Å². The number of aromatic nitrogens is 3. The van der Waals surface area contributed by atoms with Crippen LogP contribution in [0.15, 0.2) is 30.3 Å². The van der Waals surface area contributed by atoms with E-state index >= 15 is 0 Å². The van der Waals surface area contributed by atoms with Gasteiger partial charge in [-0.3, -0.25) is 9.89 Å². The van der Waals surface area contributed by atoms with Crippen molar-refractivity contribution in [3.05, 3.63) is 53.1 Å². The number of pyridine rings is 1. The molecule has 0 bridgehead atoms. The van der Waals surface area contributed by atoms with Crippen LogP contribution >= 0.6 is 0 Å². The van der Waals surface area contributed by atoms with Crippen LogP contribution in [-0.4, -0.2) is 48.7 Å². The molecule has 1 aliphatic rings. The van der Waals surface area contributed by atoms with Gasteiger partial charge in [-0.25, -0.2) is 9.37 Å². The first kappa shape index (κ1) is 24.0. The number of fused-ring (bicyclic) bond motifs is 1. The van der Waals surface area contributed by atoms with Crippen LogP contribution in [0.2, 0.25) is 0 Å². The first-order valence-corrected chi connectivity index (χ1v) is 11.7. The maximum absolute atomic E-state index is 13.8. The maximum atomic E-state index is 13.8. The molecule has 0 spiro atoms. The number of hydrogen-bond acceptors (Lipinski definition) is 5.